The molecule has 0 bridgehead atoms. The van der Waals surface area contributed by atoms with Gasteiger partial charge < -0.3 is 10.4 Å². The number of amides is 1. The van der Waals surface area contributed by atoms with Gasteiger partial charge in [-0.25, -0.2) is 4.79 Å². The van der Waals surface area contributed by atoms with Crippen LogP contribution in [0.5, 0.6) is 0 Å². The average molecular weight is 524 g/mol. The van der Waals surface area contributed by atoms with E-state index in [0.717, 1.165) is 19.3 Å². The van der Waals surface area contributed by atoms with Crippen LogP contribution in [0.15, 0.2) is 35.7 Å². The molecule has 2 aromatic rings. The van der Waals surface area contributed by atoms with Crippen LogP contribution in [0, 0.1) is 5.41 Å². The molecule has 2 aliphatic rings. The van der Waals surface area contributed by atoms with Gasteiger partial charge in [0, 0.05) is 24.5 Å². The summed E-state index contributed by atoms with van der Waals surface area (Å²) in [4.78, 5) is 49.4. The van der Waals surface area contributed by atoms with Crippen molar-refractivity contribution in [1.82, 2.24) is 9.97 Å². The first kappa shape index (κ1) is 24.6. The summed E-state index contributed by atoms with van der Waals surface area (Å²) >= 11 is 18.3. The Bertz CT molecular complexity index is 1140. The molecule has 4 rings (SSSR count). The minimum absolute atomic E-state index is 0.0168. The number of alkyl halides is 1. The zero-order valence-electron chi connectivity index (χ0n) is 17.9. The van der Waals surface area contributed by atoms with Gasteiger partial charge in [0.05, 0.1) is 38.6 Å². The molecule has 0 radical (unpaired) electrons. The summed E-state index contributed by atoms with van der Waals surface area (Å²) in [5.41, 5.74) is 0.717. The Labute approximate surface area is 210 Å². The van der Waals surface area contributed by atoms with E-state index in [0.29, 0.717) is 29.9 Å². The summed E-state index contributed by atoms with van der Waals surface area (Å²) in [6.07, 6.45) is 8.23. The van der Waals surface area contributed by atoms with Crippen molar-refractivity contribution in [2.45, 2.75) is 49.9 Å². The Balaban J connectivity index is 1.48. The first-order valence-electron chi connectivity index (χ1n) is 10.8. The number of hydrogen-bond donors (Lipinski definition) is 2. The van der Waals surface area contributed by atoms with Gasteiger partial charge in [-0.2, -0.15) is 0 Å². The van der Waals surface area contributed by atoms with E-state index in [2.05, 4.69) is 20.3 Å². The van der Waals surface area contributed by atoms with Crippen LogP contribution in [0.4, 0.5) is 5.69 Å². The molecule has 1 unspecified atom stereocenters. The highest BCUT2D eigenvalue weighted by atomic mass is 35.5. The molecule has 0 saturated heterocycles. The van der Waals surface area contributed by atoms with Gasteiger partial charge in [0.1, 0.15) is 5.38 Å². The van der Waals surface area contributed by atoms with Gasteiger partial charge in [0.2, 0.25) is 0 Å². The fraction of sp³-hybridized carbons (Fsp3) is 0.391. The molecular weight excluding hydrogens is 503 g/mol. The second-order valence-corrected chi connectivity index (χ2v) is 9.66. The van der Waals surface area contributed by atoms with Crippen LogP contribution < -0.4 is 5.32 Å². The fourth-order valence-electron chi connectivity index (χ4n) is 4.50. The van der Waals surface area contributed by atoms with Crippen LogP contribution in [0.1, 0.15) is 48.2 Å². The Kier molecular flexibility index (Phi) is 7.21. The van der Waals surface area contributed by atoms with Gasteiger partial charge in [0.15, 0.2) is 11.8 Å². The first-order valence-corrected chi connectivity index (χ1v) is 12.0. The quantitative estimate of drug-likeness (QED) is 0.533. The highest BCUT2D eigenvalue weighted by molar-refractivity contribution is 6.54. The number of aliphatic imine (C=N–C) groups is 1. The molecule has 178 valence electrons. The zero-order valence-corrected chi connectivity index (χ0v) is 20.2. The molecule has 11 heteroatoms. The highest BCUT2D eigenvalue weighted by Crippen LogP contribution is 2.49. The van der Waals surface area contributed by atoms with E-state index >= 15 is 0 Å². The van der Waals surface area contributed by atoms with E-state index in [1.165, 1.54) is 18.6 Å². The van der Waals surface area contributed by atoms with Crippen LogP contribution in [-0.4, -0.2) is 49.9 Å². The van der Waals surface area contributed by atoms with Gasteiger partial charge >= 0.3 is 5.97 Å². The van der Waals surface area contributed by atoms with Crippen molar-refractivity contribution in [3.8, 4) is 0 Å². The van der Waals surface area contributed by atoms with E-state index in [-0.39, 0.29) is 27.8 Å². The number of nitrogens with zero attached hydrogens (tertiary/aromatic N) is 3. The van der Waals surface area contributed by atoms with Crippen molar-refractivity contribution in [3.05, 3.63) is 52.0 Å². The first-order chi connectivity index (χ1) is 16.2. The maximum absolute atomic E-state index is 12.5. The van der Waals surface area contributed by atoms with Crippen molar-refractivity contribution in [2.24, 2.45) is 10.4 Å². The number of carbonyl (C=O) groups is 3. The third-order valence-electron chi connectivity index (χ3n) is 6.28. The molecule has 2 saturated carbocycles. The molecule has 34 heavy (non-hydrogen) atoms. The highest BCUT2D eigenvalue weighted by Gasteiger charge is 2.58. The maximum Gasteiger partial charge on any atom is 0.328 e. The summed E-state index contributed by atoms with van der Waals surface area (Å²) < 4.78 is 0. The molecule has 2 heterocycles. The Hall–Kier alpha value is -2.55. The fourth-order valence-corrected chi connectivity index (χ4v) is 5.51. The number of anilines is 1. The number of aliphatic carboxylic acids is 1. The lowest BCUT2D eigenvalue weighted by Gasteiger charge is -2.47. The molecular formula is C23H21Cl3N4O4. The number of carbonyl (C=O) groups excluding carboxylic acids is 2. The molecule has 1 spiro atoms. The molecule has 2 aromatic heterocycles. The van der Waals surface area contributed by atoms with Crippen LogP contribution in [-0.2, 0) is 16.0 Å². The minimum Gasteiger partial charge on any atom is -0.480 e. The number of carboxylic acid groups (broad SMARTS) is 1. The van der Waals surface area contributed by atoms with Crippen LogP contribution in [0.25, 0.3) is 0 Å². The number of carboxylic acids is 1. The van der Waals surface area contributed by atoms with E-state index in [4.69, 9.17) is 34.8 Å². The summed E-state index contributed by atoms with van der Waals surface area (Å²) in [5, 5.41) is 11.7. The summed E-state index contributed by atoms with van der Waals surface area (Å²) in [7, 11) is 0. The summed E-state index contributed by atoms with van der Waals surface area (Å²) in [6, 6.07) is 2.07. The molecule has 1 amide bonds. The predicted molar refractivity (Wildman–Crippen MR) is 129 cm³/mol. The lowest BCUT2D eigenvalue weighted by atomic mass is 9.58. The van der Waals surface area contributed by atoms with E-state index in [1.807, 2.05) is 0 Å². The Morgan fingerprint density at radius 2 is 1.82 bits per heavy atom. The van der Waals surface area contributed by atoms with Crippen molar-refractivity contribution in [1.29, 1.82) is 0 Å². The largest absolute Gasteiger partial charge is 0.480 e. The second-order valence-electron chi connectivity index (χ2n) is 8.41. The number of pyridine rings is 2. The number of Topliss-reactive ketones (excluding diaryl/α,β-unsaturated/α-hetero) is 1. The minimum atomic E-state index is -1.12. The number of rotatable bonds is 6. The molecule has 2 N–H and O–H groups in total. The standard InChI is InChI=1S/C23H21Cl3N4O4/c24-14-10-27-11-15(25)17(14)21(32)29-13-5-4-12(28-9-13)8-16(22(33)34)30-19-18(26)20(31)23(19)6-2-1-3-7-23/h4-5,9-11,16,18H,1-3,6-8H2,(H,29,32)(H,33,34)/t16-,18?/m0/s1. The molecule has 2 atom stereocenters. The second kappa shape index (κ2) is 9.98. The molecule has 2 fully saturated rings. The number of nitrogens with one attached hydrogen (secondary N) is 1. The van der Waals surface area contributed by atoms with Crippen molar-refractivity contribution >= 4 is 63.9 Å². The molecule has 8 nitrogen and oxygen atoms in total. The predicted octanol–water partition coefficient (Wildman–Crippen LogP) is 4.61. The van der Waals surface area contributed by atoms with Crippen molar-refractivity contribution in [2.75, 3.05) is 5.32 Å². The topological polar surface area (TPSA) is 122 Å². The normalized spacial score (nSPS) is 21.2. The summed E-state index contributed by atoms with van der Waals surface area (Å²) in [6.45, 7) is 0. The number of halogens is 3. The average Bonchev–Trinajstić information content (AvgIpc) is 2.82. The third kappa shape index (κ3) is 4.67. The molecule has 0 aromatic carbocycles. The Morgan fingerprint density at radius 1 is 1.15 bits per heavy atom. The number of aromatic nitrogens is 2. The van der Waals surface area contributed by atoms with Crippen LogP contribution in [0.2, 0.25) is 10.0 Å². The van der Waals surface area contributed by atoms with Gasteiger partial charge in [-0.3, -0.25) is 24.5 Å². The van der Waals surface area contributed by atoms with Gasteiger partial charge in [-0.05, 0) is 25.0 Å². The molecule has 2 aliphatic carbocycles. The van der Waals surface area contributed by atoms with Crippen LogP contribution in [0.3, 0.4) is 0 Å². The van der Waals surface area contributed by atoms with E-state index in [9.17, 15) is 19.5 Å². The SMILES string of the molecule is O=C(Nc1ccc(C[C@H](N=C2C(Cl)C(=O)C23CCCCC3)C(=O)O)nc1)c1c(Cl)cncc1Cl. The lowest BCUT2D eigenvalue weighted by Crippen LogP contribution is -2.61. The smallest absolute Gasteiger partial charge is 0.328 e. The van der Waals surface area contributed by atoms with Gasteiger partial charge in [0.25, 0.3) is 5.91 Å². The van der Waals surface area contributed by atoms with Crippen molar-refractivity contribution in [3.63, 3.8) is 0 Å². The van der Waals surface area contributed by atoms with E-state index < -0.39 is 28.7 Å². The Morgan fingerprint density at radius 3 is 2.41 bits per heavy atom. The monoisotopic (exact) mass is 522 g/mol. The zero-order chi connectivity index (χ0) is 24.5. The molecule has 0 aliphatic heterocycles. The lowest BCUT2D eigenvalue weighted by molar-refractivity contribution is -0.138. The van der Waals surface area contributed by atoms with Crippen LogP contribution >= 0.6 is 34.8 Å². The number of hydrogen-bond acceptors (Lipinski definition) is 6. The summed E-state index contributed by atoms with van der Waals surface area (Å²) in [5.74, 6) is -1.70. The number of ketones is 1. The van der Waals surface area contributed by atoms with E-state index in [1.54, 1.807) is 12.1 Å². The maximum atomic E-state index is 12.5. The third-order valence-corrected chi connectivity index (χ3v) is 7.26. The van der Waals surface area contributed by atoms with Gasteiger partial charge in [-0.1, -0.05) is 42.5 Å². The van der Waals surface area contributed by atoms with Crippen molar-refractivity contribution < 1.29 is 19.5 Å². The van der Waals surface area contributed by atoms with Gasteiger partial charge in [-0.15, -0.1) is 11.6 Å².